The summed E-state index contributed by atoms with van der Waals surface area (Å²) in [6, 6.07) is 13.7. The molecule has 1 atom stereocenters. The number of amides is 2. The van der Waals surface area contributed by atoms with Crippen molar-refractivity contribution in [1.82, 2.24) is 4.90 Å². The first-order valence-corrected chi connectivity index (χ1v) is 9.23. The van der Waals surface area contributed by atoms with Gasteiger partial charge < -0.3 is 15.0 Å². The number of rotatable bonds is 4. The average molecular weight is 356 g/mol. The Kier molecular flexibility index (Phi) is 6.10. The number of ether oxygens (including phenoxy) is 1. The Bertz CT molecular complexity index is 733. The topological polar surface area (TPSA) is 41.6 Å². The van der Waals surface area contributed by atoms with Gasteiger partial charge >= 0.3 is 6.03 Å². The maximum absolute atomic E-state index is 13.7. The Morgan fingerprint density at radius 2 is 2.00 bits per heavy atom. The Labute approximate surface area is 154 Å². The predicted molar refractivity (Wildman–Crippen MR) is 101 cm³/mol. The number of benzene rings is 2. The molecule has 0 aliphatic carbocycles. The van der Waals surface area contributed by atoms with Crippen molar-refractivity contribution in [1.29, 1.82) is 0 Å². The second-order valence-corrected chi connectivity index (χ2v) is 6.50. The molecule has 1 unspecified atom stereocenters. The molecular formula is C21H25FN2O2. The van der Waals surface area contributed by atoms with E-state index in [1.807, 2.05) is 42.2 Å². The fourth-order valence-corrected chi connectivity index (χ4v) is 3.41. The molecule has 1 aliphatic heterocycles. The number of urea groups is 1. The van der Waals surface area contributed by atoms with Gasteiger partial charge in [0.2, 0.25) is 0 Å². The number of halogens is 1. The van der Waals surface area contributed by atoms with Crippen LogP contribution in [0.4, 0.5) is 14.9 Å². The summed E-state index contributed by atoms with van der Waals surface area (Å²) in [5.41, 5.74) is 1.58. The number of nitrogens with zero attached hydrogens (tertiary/aromatic N) is 1. The van der Waals surface area contributed by atoms with Gasteiger partial charge in [0, 0.05) is 12.2 Å². The van der Waals surface area contributed by atoms with Crippen molar-refractivity contribution >= 4 is 11.7 Å². The second-order valence-electron chi connectivity index (χ2n) is 6.50. The predicted octanol–water partition coefficient (Wildman–Crippen LogP) is 5.37. The van der Waals surface area contributed by atoms with Crippen LogP contribution in [0.3, 0.4) is 0 Å². The Balaban J connectivity index is 1.75. The highest BCUT2D eigenvalue weighted by molar-refractivity contribution is 5.89. The minimum absolute atomic E-state index is 0.101. The van der Waals surface area contributed by atoms with E-state index in [9.17, 15) is 9.18 Å². The van der Waals surface area contributed by atoms with Crippen molar-refractivity contribution < 1.29 is 13.9 Å². The summed E-state index contributed by atoms with van der Waals surface area (Å²) in [4.78, 5) is 14.7. The zero-order valence-corrected chi connectivity index (χ0v) is 15.1. The van der Waals surface area contributed by atoms with Crippen LogP contribution in [0.25, 0.3) is 0 Å². The standard InChI is InChI=1S/C21H25FN2O2/c1-2-26-19-12-10-18(11-13-19)23-21(25)24-14-5-3-4-9-20(24)16-7-6-8-17(22)15-16/h6-8,10-13,15,20H,2-5,9,14H2,1H3,(H,23,25). The number of hydrogen-bond acceptors (Lipinski definition) is 2. The van der Waals surface area contributed by atoms with E-state index in [1.54, 1.807) is 6.07 Å². The summed E-state index contributed by atoms with van der Waals surface area (Å²) in [6.45, 7) is 3.21. The average Bonchev–Trinajstić information content (AvgIpc) is 2.90. The summed E-state index contributed by atoms with van der Waals surface area (Å²) in [5, 5.41) is 2.96. The van der Waals surface area contributed by atoms with E-state index in [4.69, 9.17) is 4.74 Å². The zero-order valence-electron chi connectivity index (χ0n) is 15.1. The van der Waals surface area contributed by atoms with Crippen molar-refractivity contribution in [2.24, 2.45) is 0 Å². The Hall–Kier alpha value is -2.56. The van der Waals surface area contributed by atoms with E-state index in [1.165, 1.54) is 12.1 Å². The van der Waals surface area contributed by atoms with E-state index >= 15 is 0 Å². The van der Waals surface area contributed by atoms with Crippen LogP contribution in [0, 0.1) is 5.82 Å². The lowest BCUT2D eigenvalue weighted by Crippen LogP contribution is -2.38. The first-order chi connectivity index (χ1) is 12.7. The van der Waals surface area contributed by atoms with Crippen LogP contribution in [0.2, 0.25) is 0 Å². The van der Waals surface area contributed by atoms with E-state index in [0.29, 0.717) is 13.2 Å². The molecule has 5 heteroatoms. The molecular weight excluding hydrogens is 331 g/mol. The monoisotopic (exact) mass is 356 g/mol. The SMILES string of the molecule is CCOc1ccc(NC(=O)N2CCCCCC2c2cccc(F)c2)cc1. The van der Waals surface area contributed by atoms with Crippen LogP contribution in [-0.2, 0) is 0 Å². The quantitative estimate of drug-likeness (QED) is 0.800. The third-order valence-electron chi connectivity index (χ3n) is 4.66. The van der Waals surface area contributed by atoms with Crippen molar-refractivity contribution in [2.45, 2.75) is 38.6 Å². The van der Waals surface area contributed by atoms with Crippen LogP contribution in [0.1, 0.15) is 44.2 Å². The van der Waals surface area contributed by atoms with E-state index in [-0.39, 0.29) is 17.9 Å². The van der Waals surface area contributed by atoms with Crippen LogP contribution in [0.5, 0.6) is 5.75 Å². The van der Waals surface area contributed by atoms with Crippen molar-refractivity contribution in [2.75, 3.05) is 18.5 Å². The number of carbonyl (C=O) groups is 1. The highest BCUT2D eigenvalue weighted by Crippen LogP contribution is 2.31. The summed E-state index contributed by atoms with van der Waals surface area (Å²) >= 11 is 0. The maximum atomic E-state index is 13.7. The fraction of sp³-hybridized carbons (Fsp3) is 0.381. The molecule has 0 saturated carbocycles. The van der Waals surface area contributed by atoms with Gasteiger partial charge in [0.25, 0.3) is 0 Å². The Morgan fingerprint density at radius 1 is 1.19 bits per heavy atom. The molecule has 1 heterocycles. The number of carbonyl (C=O) groups excluding carboxylic acids is 1. The molecule has 1 aliphatic rings. The van der Waals surface area contributed by atoms with Crippen LogP contribution in [0.15, 0.2) is 48.5 Å². The highest BCUT2D eigenvalue weighted by Gasteiger charge is 2.27. The van der Waals surface area contributed by atoms with Gasteiger partial charge in [0.05, 0.1) is 12.6 Å². The molecule has 1 saturated heterocycles. The zero-order chi connectivity index (χ0) is 18.4. The second kappa shape index (κ2) is 8.70. The minimum Gasteiger partial charge on any atom is -0.494 e. The molecule has 2 aromatic rings. The molecule has 0 aromatic heterocycles. The van der Waals surface area contributed by atoms with Crippen molar-refractivity contribution in [3.63, 3.8) is 0 Å². The van der Waals surface area contributed by atoms with Gasteiger partial charge in [0.1, 0.15) is 11.6 Å². The van der Waals surface area contributed by atoms with Gasteiger partial charge in [-0.3, -0.25) is 0 Å². The van der Waals surface area contributed by atoms with Gasteiger partial charge in [-0.05, 0) is 61.7 Å². The van der Waals surface area contributed by atoms with E-state index < -0.39 is 0 Å². The molecule has 1 fully saturated rings. The van der Waals surface area contributed by atoms with Gasteiger partial charge in [-0.2, -0.15) is 0 Å². The number of nitrogens with one attached hydrogen (secondary N) is 1. The summed E-state index contributed by atoms with van der Waals surface area (Å²) < 4.78 is 19.1. The number of hydrogen-bond donors (Lipinski definition) is 1. The Morgan fingerprint density at radius 3 is 2.73 bits per heavy atom. The first kappa shape index (κ1) is 18.2. The summed E-state index contributed by atoms with van der Waals surface area (Å²) in [7, 11) is 0. The van der Waals surface area contributed by atoms with Gasteiger partial charge in [-0.1, -0.05) is 25.0 Å². The minimum atomic E-state index is -0.265. The van der Waals surface area contributed by atoms with E-state index in [2.05, 4.69) is 5.32 Å². The fourth-order valence-electron chi connectivity index (χ4n) is 3.41. The highest BCUT2D eigenvalue weighted by atomic mass is 19.1. The molecule has 0 radical (unpaired) electrons. The smallest absolute Gasteiger partial charge is 0.322 e. The molecule has 0 bridgehead atoms. The lowest BCUT2D eigenvalue weighted by Gasteiger charge is -2.30. The van der Waals surface area contributed by atoms with Crippen LogP contribution in [-0.4, -0.2) is 24.1 Å². The molecule has 3 rings (SSSR count). The number of likely N-dealkylation sites (tertiary alicyclic amines) is 1. The lowest BCUT2D eigenvalue weighted by atomic mass is 10.0. The largest absolute Gasteiger partial charge is 0.494 e. The number of anilines is 1. The molecule has 0 spiro atoms. The third kappa shape index (κ3) is 4.54. The van der Waals surface area contributed by atoms with Gasteiger partial charge in [-0.25, -0.2) is 9.18 Å². The van der Waals surface area contributed by atoms with E-state index in [0.717, 1.165) is 42.7 Å². The molecule has 4 nitrogen and oxygen atoms in total. The van der Waals surface area contributed by atoms with Crippen LogP contribution >= 0.6 is 0 Å². The van der Waals surface area contributed by atoms with Crippen LogP contribution < -0.4 is 10.1 Å². The van der Waals surface area contributed by atoms with Crippen molar-refractivity contribution in [3.8, 4) is 5.75 Å². The molecule has 138 valence electrons. The molecule has 2 amide bonds. The normalized spacial score (nSPS) is 17.5. The third-order valence-corrected chi connectivity index (χ3v) is 4.66. The van der Waals surface area contributed by atoms with Gasteiger partial charge in [-0.15, -0.1) is 0 Å². The molecule has 2 aromatic carbocycles. The van der Waals surface area contributed by atoms with Gasteiger partial charge in [0.15, 0.2) is 0 Å². The maximum Gasteiger partial charge on any atom is 0.322 e. The lowest BCUT2D eigenvalue weighted by molar-refractivity contribution is 0.189. The summed E-state index contributed by atoms with van der Waals surface area (Å²) in [6.07, 6.45) is 3.93. The molecule has 26 heavy (non-hydrogen) atoms. The molecule has 1 N–H and O–H groups in total. The first-order valence-electron chi connectivity index (χ1n) is 9.23. The summed E-state index contributed by atoms with van der Waals surface area (Å²) in [5.74, 6) is 0.511. The van der Waals surface area contributed by atoms with Crippen molar-refractivity contribution in [3.05, 3.63) is 59.9 Å².